The largest absolute Gasteiger partial charge is 0.497 e. The number of amides is 2. The summed E-state index contributed by atoms with van der Waals surface area (Å²) in [7, 11) is 1.66. The van der Waals surface area contributed by atoms with E-state index < -0.39 is 0 Å². The molecular weight excluding hydrogens is 296 g/mol. The third kappa shape index (κ3) is 3.80. The van der Waals surface area contributed by atoms with Gasteiger partial charge in [0, 0.05) is 4.88 Å². The topological polar surface area (TPSA) is 50.4 Å². The fourth-order valence-corrected chi connectivity index (χ4v) is 3.13. The molecule has 0 saturated heterocycles. The molecule has 4 nitrogen and oxygen atoms in total. The average molecular weight is 316 g/mol. The summed E-state index contributed by atoms with van der Waals surface area (Å²) in [6, 6.07) is 11.9. The molecule has 1 unspecified atom stereocenters. The number of urea groups is 1. The molecule has 2 amide bonds. The summed E-state index contributed by atoms with van der Waals surface area (Å²) >= 11 is 1.65. The van der Waals surface area contributed by atoms with Crippen molar-refractivity contribution in [1.29, 1.82) is 0 Å². The second-order valence-corrected chi connectivity index (χ2v) is 6.53. The number of nitrogens with one attached hydrogen (secondary N) is 2. The second-order valence-electron chi connectivity index (χ2n) is 5.49. The van der Waals surface area contributed by atoms with Crippen molar-refractivity contribution in [2.24, 2.45) is 5.92 Å². The molecule has 0 radical (unpaired) electrons. The van der Waals surface area contributed by atoms with Crippen LogP contribution in [0.3, 0.4) is 0 Å². The zero-order chi connectivity index (χ0) is 15.4. The van der Waals surface area contributed by atoms with E-state index in [-0.39, 0.29) is 12.1 Å². The Morgan fingerprint density at radius 3 is 2.68 bits per heavy atom. The van der Waals surface area contributed by atoms with E-state index in [9.17, 15) is 4.79 Å². The van der Waals surface area contributed by atoms with Crippen molar-refractivity contribution >= 4 is 17.4 Å². The van der Waals surface area contributed by atoms with Gasteiger partial charge in [-0.1, -0.05) is 18.2 Å². The van der Waals surface area contributed by atoms with Crippen LogP contribution in [0.25, 0.3) is 0 Å². The lowest BCUT2D eigenvalue weighted by atomic mass is 10.0. The second kappa shape index (κ2) is 6.83. The third-order valence-electron chi connectivity index (χ3n) is 3.86. The number of rotatable bonds is 6. The Bertz CT molecular complexity index is 606. The molecule has 1 aliphatic carbocycles. The highest BCUT2D eigenvalue weighted by Crippen LogP contribution is 2.41. The number of carbonyl (C=O) groups excluding carboxylic acids is 1. The van der Waals surface area contributed by atoms with Gasteiger partial charge in [-0.05, 0) is 47.9 Å². The standard InChI is InChI=1S/C17H20N2O2S/c1-21-14-8-6-13(7-9-14)16(12-4-5-12)19-17(20)18-11-15-3-2-10-22-15/h2-3,6-10,12,16H,4-5,11H2,1H3,(H2,18,19,20). The van der Waals surface area contributed by atoms with Crippen LogP contribution in [-0.4, -0.2) is 13.1 Å². The maximum atomic E-state index is 12.1. The molecule has 1 atom stereocenters. The smallest absolute Gasteiger partial charge is 0.315 e. The molecule has 1 aliphatic rings. The first kappa shape index (κ1) is 14.9. The van der Waals surface area contributed by atoms with E-state index in [2.05, 4.69) is 10.6 Å². The van der Waals surface area contributed by atoms with E-state index in [0.717, 1.165) is 16.2 Å². The zero-order valence-electron chi connectivity index (χ0n) is 12.5. The van der Waals surface area contributed by atoms with Gasteiger partial charge in [0.25, 0.3) is 0 Å². The number of thiophene rings is 1. The molecule has 2 aromatic rings. The number of carbonyl (C=O) groups is 1. The summed E-state index contributed by atoms with van der Waals surface area (Å²) in [5.74, 6) is 1.38. The molecule has 0 bridgehead atoms. The molecule has 1 aromatic heterocycles. The predicted molar refractivity (Wildman–Crippen MR) is 88.1 cm³/mol. The van der Waals surface area contributed by atoms with Crippen molar-refractivity contribution in [3.8, 4) is 5.75 Å². The van der Waals surface area contributed by atoms with Gasteiger partial charge in [-0.3, -0.25) is 0 Å². The highest BCUT2D eigenvalue weighted by Gasteiger charge is 2.33. The Hall–Kier alpha value is -2.01. The van der Waals surface area contributed by atoms with Crippen LogP contribution in [0.1, 0.15) is 29.3 Å². The first-order valence-electron chi connectivity index (χ1n) is 7.47. The van der Waals surface area contributed by atoms with Crippen molar-refractivity contribution in [3.05, 3.63) is 52.2 Å². The first-order chi connectivity index (χ1) is 10.8. The monoisotopic (exact) mass is 316 g/mol. The van der Waals surface area contributed by atoms with Crippen LogP contribution < -0.4 is 15.4 Å². The van der Waals surface area contributed by atoms with Gasteiger partial charge in [0.2, 0.25) is 0 Å². The van der Waals surface area contributed by atoms with Crippen molar-refractivity contribution < 1.29 is 9.53 Å². The molecular formula is C17H20N2O2S. The fraction of sp³-hybridized carbons (Fsp3) is 0.353. The van der Waals surface area contributed by atoms with Gasteiger partial charge in [0.1, 0.15) is 5.75 Å². The SMILES string of the molecule is COc1ccc(C(NC(=O)NCc2cccs2)C2CC2)cc1. The van der Waals surface area contributed by atoms with Gasteiger partial charge in [-0.15, -0.1) is 11.3 Å². The van der Waals surface area contributed by atoms with Gasteiger partial charge in [0.15, 0.2) is 0 Å². The molecule has 116 valence electrons. The van der Waals surface area contributed by atoms with Crippen LogP contribution in [0.15, 0.2) is 41.8 Å². The Morgan fingerprint density at radius 2 is 2.09 bits per heavy atom. The molecule has 2 N–H and O–H groups in total. The maximum absolute atomic E-state index is 12.1. The molecule has 1 heterocycles. The number of ether oxygens (including phenoxy) is 1. The van der Waals surface area contributed by atoms with Crippen LogP contribution in [0.5, 0.6) is 5.75 Å². The summed E-state index contributed by atoms with van der Waals surface area (Å²) < 4.78 is 5.19. The van der Waals surface area contributed by atoms with Gasteiger partial charge < -0.3 is 15.4 Å². The summed E-state index contributed by atoms with van der Waals surface area (Å²) in [6.07, 6.45) is 2.34. The highest BCUT2D eigenvalue weighted by molar-refractivity contribution is 7.09. The van der Waals surface area contributed by atoms with Gasteiger partial charge in [-0.25, -0.2) is 4.79 Å². The van der Waals surface area contributed by atoms with Gasteiger partial charge in [-0.2, -0.15) is 0 Å². The normalized spacial score (nSPS) is 15.1. The van der Waals surface area contributed by atoms with Gasteiger partial charge >= 0.3 is 6.03 Å². The lowest BCUT2D eigenvalue weighted by Crippen LogP contribution is -2.38. The van der Waals surface area contributed by atoms with Crippen LogP contribution in [0, 0.1) is 5.92 Å². The van der Waals surface area contributed by atoms with Gasteiger partial charge in [0.05, 0.1) is 19.7 Å². The summed E-state index contributed by atoms with van der Waals surface area (Å²) in [5, 5.41) is 8.05. The summed E-state index contributed by atoms with van der Waals surface area (Å²) in [4.78, 5) is 13.3. The number of benzene rings is 1. The molecule has 3 rings (SSSR count). The quantitative estimate of drug-likeness (QED) is 0.853. The van der Waals surface area contributed by atoms with Crippen molar-refractivity contribution in [2.75, 3.05) is 7.11 Å². The number of methoxy groups -OCH3 is 1. The molecule has 1 aromatic carbocycles. The predicted octanol–water partition coefficient (Wildman–Crippen LogP) is 3.71. The zero-order valence-corrected chi connectivity index (χ0v) is 13.4. The molecule has 1 fully saturated rings. The van der Waals surface area contributed by atoms with Crippen molar-refractivity contribution in [2.45, 2.75) is 25.4 Å². The molecule has 0 aliphatic heterocycles. The Balaban J connectivity index is 1.60. The number of hydrogen-bond acceptors (Lipinski definition) is 3. The van der Waals surface area contributed by atoms with E-state index in [1.165, 1.54) is 12.8 Å². The lowest BCUT2D eigenvalue weighted by Gasteiger charge is -2.19. The maximum Gasteiger partial charge on any atom is 0.315 e. The van der Waals surface area contributed by atoms with Crippen LogP contribution in [-0.2, 0) is 6.54 Å². The Labute approximate surface area is 134 Å². The summed E-state index contributed by atoms with van der Waals surface area (Å²) in [5.41, 5.74) is 1.13. The van der Waals surface area contributed by atoms with E-state index in [0.29, 0.717) is 12.5 Å². The van der Waals surface area contributed by atoms with Crippen molar-refractivity contribution in [3.63, 3.8) is 0 Å². The van der Waals surface area contributed by atoms with E-state index >= 15 is 0 Å². The van der Waals surface area contributed by atoms with Crippen LogP contribution in [0.4, 0.5) is 4.79 Å². The number of hydrogen-bond donors (Lipinski definition) is 2. The highest BCUT2D eigenvalue weighted by atomic mass is 32.1. The third-order valence-corrected chi connectivity index (χ3v) is 4.73. The van der Waals surface area contributed by atoms with E-state index in [1.807, 2.05) is 41.8 Å². The minimum Gasteiger partial charge on any atom is -0.497 e. The van der Waals surface area contributed by atoms with Crippen LogP contribution >= 0.6 is 11.3 Å². The van der Waals surface area contributed by atoms with Crippen LogP contribution in [0.2, 0.25) is 0 Å². The molecule has 1 saturated carbocycles. The first-order valence-corrected chi connectivity index (χ1v) is 8.35. The fourth-order valence-electron chi connectivity index (χ4n) is 2.49. The Kier molecular flexibility index (Phi) is 4.63. The lowest BCUT2D eigenvalue weighted by molar-refractivity contribution is 0.235. The molecule has 22 heavy (non-hydrogen) atoms. The Morgan fingerprint density at radius 1 is 1.32 bits per heavy atom. The van der Waals surface area contributed by atoms with E-state index in [4.69, 9.17) is 4.74 Å². The molecule has 0 spiro atoms. The molecule has 5 heteroatoms. The average Bonchev–Trinajstić information content (AvgIpc) is 3.26. The van der Waals surface area contributed by atoms with E-state index in [1.54, 1.807) is 18.4 Å². The van der Waals surface area contributed by atoms with Crippen molar-refractivity contribution in [1.82, 2.24) is 10.6 Å². The minimum absolute atomic E-state index is 0.0780. The minimum atomic E-state index is -0.110. The summed E-state index contributed by atoms with van der Waals surface area (Å²) in [6.45, 7) is 0.573.